The third-order valence-electron chi connectivity index (χ3n) is 2.87. The van der Waals surface area contributed by atoms with Crippen LogP contribution in [0.1, 0.15) is 19.3 Å². The van der Waals surface area contributed by atoms with Gasteiger partial charge in [-0.3, -0.25) is 11.3 Å². The minimum atomic E-state index is -2.40. The van der Waals surface area contributed by atoms with Gasteiger partial charge in [0.25, 0.3) is 6.43 Å². The number of hydrogen-bond donors (Lipinski definition) is 2. The van der Waals surface area contributed by atoms with Gasteiger partial charge < -0.3 is 9.47 Å². The van der Waals surface area contributed by atoms with Crippen molar-refractivity contribution >= 4 is 0 Å². The summed E-state index contributed by atoms with van der Waals surface area (Å²) < 4.78 is 33.7. The van der Waals surface area contributed by atoms with Crippen LogP contribution < -0.4 is 11.3 Å². The molecular formula is C10H20F2N2O2. The van der Waals surface area contributed by atoms with Crippen molar-refractivity contribution < 1.29 is 18.3 Å². The Morgan fingerprint density at radius 1 is 1.38 bits per heavy atom. The van der Waals surface area contributed by atoms with Crippen molar-refractivity contribution in [3.05, 3.63) is 0 Å². The number of hydrogen-bond acceptors (Lipinski definition) is 4. The highest BCUT2D eigenvalue weighted by atomic mass is 19.3. The lowest BCUT2D eigenvalue weighted by molar-refractivity contribution is 0.00729. The molecule has 1 aliphatic heterocycles. The number of nitrogens with one attached hydrogen (secondary N) is 1. The average Bonchev–Trinajstić information content (AvgIpc) is 2.30. The van der Waals surface area contributed by atoms with Crippen LogP contribution in [0.25, 0.3) is 0 Å². The van der Waals surface area contributed by atoms with E-state index in [4.69, 9.17) is 15.3 Å². The van der Waals surface area contributed by atoms with Crippen LogP contribution in [-0.2, 0) is 9.47 Å². The molecule has 0 amide bonds. The van der Waals surface area contributed by atoms with Gasteiger partial charge in [0.1, 0.15) is 6.61 Å². The van der Waals surface area contributed by atoms with E-state index in [0.29, 0.717) is 18.9 Å². The SMILES string of the molecule is NNC(CCOCC(F)F)C1CCOCC1. The Labute approximate surface area is 94.4 Å². The molecule has 6 heteroatoms. The van der Waals surface area contributed by atoms with Crippen molar-refractivity contribution in [2.45, 2.75) is 31.7 Å². The largest absolute Gasteiger partial charge is 0.381 e. The van der Waals surface area contributed by atoms with Crippen molar-refractivity contribution in [2.75, 3.05) is 26.4 Å². The van der Waals surface area contributed by atoms with Gasteiger partial charge in [0.15, 0.2) is 0 Å². The minimum Gasteiger partial charge on any atom is -0.381 e. The van der Waals surface area contributed by atoms with Crippen LogP contribution in [0.2, 0.25) is 0 Å². The summed E-state index contributed by atoms with van der Waals surface area (Å²) in [6, 6.07) is 0.126. The quantitative estimate of drug-likeness (QED) is 0.393. The maximum absolute atomic E-state index is 11.8. The van der Waals surface area contributed by atoms with Crippen LogP contribution >= 0.6 is 0 Å². The number of hydrazine groups is 1. The summed E-state index contributed by atoms with van der Waals surface area (Å²) in [6.07, 6.45) is 0.189. The Morgan fingerprint density at radius 2 is 2.06 bits per heavy atom. The van der Waals surface area contributed by atoms with Crippen molar-refractivity contribution in [1.82, 2.24) is 5.43 Å². The number of alkyl halides is 2. The smallest absolute Gasteiger partial charge is 0.261 e. The molecule has 0 aliphatic carbocycles. The third kappa shape index (κ3) is 5.16. The second kappa shape index (κ2) is 7.89. The normalized spacial score (nSPS) is 20.2. The summed E-state index contributed by atoms with van der Waals surface area (Å²) in [6.45, 7) is 1.32. The minimum absolute atomic E-state index is 0.126. The summed E-state index contributed by atoms with van der Waals surface area (Å²) in [4.78, 5) is 0. The number of ether oxygens (including phenoxy) is 2. The lowest BCUT2D eigenvalue weighted by Crippen LogP contribution is -2.43. The summed E-state index contributed by atoms with van der Waals surface area (Å²) >= 11 is 0. The molecule has 0 bridgehead atoms. The van der Waals surface area contributed by atoms with Gasteiger partial charge in [-0.15, -0.1) is 0 Å². The number of rotatable bonds is 7. The van der Waals surface area contributed by atoms with Crippen LogP contribution in [0.5, 0.6) is 0 Å². The van der Waals surface area contributed by atoms with E-state index in [9.17, 15) is 8.78 Å². The maximum atomic E-state index is 11.8. The van der Waals surface area contributed by atoms with E-state index >= 15 is 0 Å². The molecule has 1 atom stereocenters. The van der Waals surface area contributed by atoms with E-state index in [1.807, 2.05) is 0 Å². The molecule has 3 N–H and O–H groups in total. The fraction of sp³-hybridized carbons (Fsp3) is 1.00. The lowest BCUT2D eigenvalue weighted by atomic mass is 9.90. The lowest BCUT2D eigenvalue weighted by Gasteiger charge is -2.29. The first kappa shape index (κ1) is 13.8. The average molecular weight is 238 g/mol. The number of halogens is 2. The van der Waals surface area contributed by atoms with E-state index in [1.165, 1.54) is 0 Å². The summed E-state index contributed by atoms with van der Waals surface area (Å²) in [7, 11) is 0. The molecule has 1 saturated heterocycles. The molecule has 1 heterocycles. The van der Waals surface area contributed by atoms with Gasteiger partial charge in [0, 0.05) is 25.9 Å². The van der Waals surface area contributed by atoms with Crippen LogP contribution in [0.4, 0.5) is 8.78 Å². The fourth-order valence-corrected chi connectivity index (χ4v) is 1.96. The van der Waals surface area contributed by atoms with E-state index < -0.39 is 13.0 Å². The second-order valence-electron chi connectivity index (χ2n) is 3.98. The first-order valence-corrected chi connectivity index (χ1v) is 5.63. The molecule has 96 valence electrons. The highest BCUT2D eigenvalue weighted by Gasteiger charge is 2.22. The molecule has 0 aromatic heterocycles. The topological polar surface area (TPSA) is 56.5 Å². The summed E-state index contributed by atoms with van der Waals surface area (Å²) in [5.41, 5.74) is 2.74. The third-order valence-corrected chi connectivity index (χ3v) is 2.87. The molecule has 1 fully saturated rings. The molecule has 4 nitrogen and oxygen atoms in total. The van der Waals surface area contributed by atoms with Gasteiger partial charge in [-0.2, -0.15) is 0 Å². The van der Waals surface area contributed by atoms with Crippen molar-refractivity contribution in [2.24, 2.45) is 11.8 Å². The predicted octanol–water partition coefficient (Wildman–Crippen LogP) is 0.917. The Kier molecular flexibility index (Phi) is 6.79. The summed E-state index contributed by atoms with van der Waals surface area (Å²) in [5, 5.41) is 0. The first-order valence-electron chi connectivity index (χ1n) is 5.63. The molecule has 16 heavy (non-hydrogen) atoms. The van der Waals surface area contributed by atoms with Gasteiger partial charge in [0.2, 0.25) is 0 Å². The zero-order chi connectivity index (χ0) is 11.8. The monoisotopic (exact) mass is 238 g/mol. The standard InChI is InChI=1S/C10H20F2N2O2/c11-10(12)7-16-6-3-9(14-13)8-1-4-15-5-2-8/h8-10,14H,1-7,13H2. The van der Waals surface area contributed by atoms with Crippen LogP contribution in [0, 0.1) is 5.92 Å². The molecule has 1 unspecified atom stereocenters. The van der Waals surface area contributed by atoms with E-state index in [0.717, 1.165) is 26.1 Å². The highest BCUT2D eigenvalue weighted by molar-refractivity contribution is 4.76. The van der Waals surface area contributed by atoms with Gasteiger partial charge in [-0.25, -0.2) is 8.78 Å². The van der Waals surface area contributed by atoms with Crippen LogP contribution in [-0.4, -0.2) is 38.9 Å². The Bertz CT molecular complexity index is 178. The Hall–Kier alpha value is -0.300. The molecule has 0 aromatic carbocycles. The molecule has 0 radical (unpaired) electrons. The zero-order valence-electron chi connectivity index (χ0n) is 9.33. The Balaban J connectivity index is 2.15. The molecule has 1 rings (SSSR count). The highest BCUT2D eigenvalue weighted by Crippen LogP contribution is 2.20. The van der Waals surface area contributed by atoms with Gasteiger partial charge >= 0.3 is 0 Å². The zero-order valence-corrected chi connectivity index (χ0v) is 9.33. The fourth-order valence-electron chi connectivity index (χ4n) is 1.96. The second-order valence-corrected chi connectivity index (χ2v) is 3.98. The van der Waals surface area contributed by atoms with Gasteiger partial charge in [-0.05, 0) is 25.2 Å². The predicted molar refractivity (Wildman–Crippen MR) is 56.1 cm³/mol. The summed E-state index contributed by atoms with van der Waals surface area (Å²) in [5.74, 6) is 5.90. The van der Waals surface area contributed by atoms with Gasteiger partial charge in [-0.1, -0.05) is 0 Å². The maximum Gasteiger partial charge on any atom is 0.261 e. The van der Waals surface area contributed by atoms with Crippen molar-refractivity contribution in [3.8, 4) is 0 Å². The van der Waals surface area contributed by atoms with Crippen molar-refractivity contribution in [3.63, 3.8) is 0 Å². The van der Waals surface area contributed by atoms with Gasteiger partial charge in [0.05, 0.1) is 0 Å². The molecule has 1 aliphatic rings. The Morgan fingerprint density at radius 3 is 2.62 bits per heavy atom. The van der Waals surface area contributed by atoms with E-state index in [-0.39, 0.29) is 6.04 Å². The number of nitrogens with two attached hydrogens (primary N) is 1. The van der Waals surface area contributed by atoms with E-state index in [1.54, 1.807) is 0 Å². The molecule has 0 spiro atoms. The first-order chi connectivity index (χ1) is 7.74. The molecule has 0 saturated carbocycles. The van der Waals surface area contributed by atoms with Crippen LogP contribution in [0.3, 0.4) is 0 Å². The van der Waals surface area contributed by atoms with Crippen molar-refractivity contribution in [1.29, 1.82) is 0 Å². The molecule has 0 aromatic rings. The molecular weight excluding hydrogens is 218 g/mol. The van der Waals surface area contributed by atoms with E-state index in [2.05, 4.69) is 5.43 Å². The van der Waals surface area contributed by atoms with Crippen LogP contribution in [0.15, 0.2) is 0 Å².